The molecule has 3 aromatic rings. The predicted octanol–water partition coefficient (Wildman–Crippen LogP) is 3.59. The Morgan fingerprint density at radius 1 is 0.875 bits per heavy atom. The van der Waals surface area contributed by atoms with Gasteiger partial charge in [0.1, 0.15) is 5.82 Å². The maximum atomic E-state index is 14.2. The van der Waals surface area contributed by atoms with Crippen LogP contribution in [0.1, 0.15) is 31.7 Å². The molecule has 2 aromatic carbocycles. The number of hydrogen-bond donors (Lipinski definition) is 2. The van der Waals surface area contributed by atoms with Crippen LogP contribution in [0, 0.1) is 23.4 Å². The number of imidazole rings is 1. The molecule has 0 unspecified atom stereocenters. The minimum atomic E-state index is -1.09. The van der Waals surface area contributed by atoms with Gasteiger partial charge in [0, 0.05) is 56.1 Å². The molecule has 0 aliphatic carbocycles. The molecule has 0 atom stereocenters. The van der Waals surface area contributed by atoms with Crippen molar-refractivity contribution in [3.8, 4) is 5.69 Å². The van der Waals surface area contributed by atoms with Gasteiger partial charge in [-0.15, -0.1) is 0 Å². The van der Waals surface area contributed by atoms with Crippen LogP contribution in [0.5, 0.6) is 0 Å². The molecule has 40 heavy (non-hydrogen) atoms. The van der Waals surface area contributed by atoms with E-state index in [1.807, 2.05) is 23.4 Å². The maximum Gasteiger partial charge on any atom is 0.333 e. The van der Waals surface area contributed by atoms with Crippen LogP contribution in [-0.2, 0) is 4.79 Å². The van der Waals surface area contributed by atoms with Crippen molar-refractivity contribution in [3.63, 3.8) is 0 Å². The van der Waals surface area contributed by atoms with Crippen LogP contribution >= 0.6 is 0 Å². The first-order chi connectivity index (χ1) is 19.4. The number of likely N-dealkylation sites (tertiary alicyclic amines) is 2. The largest absolute Gasteiger partial charge is 0.342 e. The van der Waals surface area contributed by atoms with Crippen molar-refractivity contribution in [1.29, 1.82) is 0 Å². The summed E-state index contributed by atoms with van der Waals surface area (Å²) in [7, 11) is 0. The zero-order valence-electron chi connectivity index (χ0n) is 22.0. The number of hydrazine groups is 1. The molecule has 1 aromatic heterocycles. The molecule has 2 saturated heterocycles. The van der Waals surface area contributed by atoms with E-state index in [4.69, 9.17) is 0 Å². The fourth-order valence-corrected chi connectivity index (χ4v) is 6.10. The van der Waals surface area contributed by atoms with Gasteiger partial charge in [-0.3, -0.25) is 18.8 Å². The summed E-state index contributed by atoms with van der Waals surface area (Å²) in [5.41, 5.74) is 7.57. The van der Waals surface area contributed by atoms with E-state index in [9.17, 15) is 22.8 Å². The molecule has 4 heterocycles. The van der Waals surface area contributed by atoms with Gasteiger partial charge in [-0.25, -0.2) is 18.0 Å². The van der Waals surface area contributed by atoms with Crippen molar-refractivity contribution in [2.75, 3.05) is 32.7 Å². The lowest BCUT2D eigenvalue weighted by atomic mass is 9.93. The smallest absolute Gasteiger partial charge is 0.333 e. The first-order valence-electron chi connectivity index (χ1n) is 13.6. The number of fused-ring (bicyclic) bond motifs is 1. The summed E-state index contributed by atoms with van der Waals surface area (Å²) in [4.78, 5) is 31.2. The molecule has 0 radical (unpaired) electrons. The Balaban J connectivity index is 1.14. The molecule has 2 fully saturated rings. The van der Waals surface area contributed by atoms with E-state index in [0.717, 1.165) is 44.6 Å². The summed E-state index contributed by atoms with van der Waals surface area (Å²) in [6.45, 7) is 3.60. The van der Waals surface area contributed by atoms with Crippen LogP contribution in [0.3, 0.4) is 0 Å². The van der Waals surface area contributed by atoms with E-state index in [0.29, 0.717) is 31.4 Å². The van der Waals surface area contributed by atoms with Gasteiger partial charge in [-0.2, -0.15) is 0 Å². The summed E-state index contributed by atoms with van der Waals surface area (Å²) in [5.74, 6) is -2.49. The number of nitrogens with zero attached hydrogens (tertiary/aromatic N) is 4. The average Bonchev–Trinajstić information content (AvgIpc) is 3.26. The second-order valence-corrected chi connectivity index (χ2v) is 10.7. The van der Waals surface area contributed by atoms with Gasteiger partial charge in [-0.05, 0) is 74.7 Å². The fraction of sp³-hybridized carbons (Fsp3) is 0.379. The standard InChI is InChI=1S/C29H31F3N6O2/c30-21-1-4-26-27(15-21)38(23-2-3-24(31)25(32)16-23)29(40)37(26)22-8-13-36(14-9-22)28(39)20-6-11-35(12-7-20)18-19-5-10-33-34-17-19/h1-5,10,15-17,20,22,33-34H,6-9,11-14,18H2. The number of carbonyl (C=O) groups excluding carboxylic acids is 1. The van der Waals surface area contributed by atoms with Crippen LogP contribution < -0.4 is 16.5 Å². The van der Waals surface area contributed by atoms with E-state index in [-0.39, 0.29) is 29.1 Å². The van der Waals surface area contributed by atoms with Gasteiger partial charge in [-0.1, -0.05) is 0 Å². The van der Waals surface area contributed by atoms with Crippen LogP contribution in [0.15, 0.2) is 65.2 Å². The number of rotatable bonds is 5. The van der Waals surface area contributed by atoms with Crippen LogP contribution in [-0.4, -0.2) is 57.6 Å². The van der Waals surface area contributed by atoms with Crippen LogP contribution in [0.25, 0.3) is 16.7 Å². The Morgan fingerprint density at radius 2 is 1.65 bits per heavy atom. The second kappa shape index (κ2) is 10.9. The Kier molecular flexibility index (Phi) is 7.14. The third kappa shape index (κ3) is 5.01. The van der Waals surface area contributed by atoms with Crippen molar-refractivity contribution >= 4 is 16.9 Å². The van der Waals surface area contributed by atoms with Gasteiger partial charge in [0.15, 0.2) is 11.6 Å². The number of carbonyl (C=O) groups is 1. The summed E-state index contributed by atoms with van der Waals surface area (Å²) in [5, 5.41) is 0. The first-order valence-corrected chi connectivity index (χ1v) is 13.6. The molecule has 210 valence electrons. The van der Waals surface area contributed by atoms with Gasteiger partial charge >= 0.3 is 5.69 Å². The summed E-state index contributed by atoms with van der Waals surface area (Å²) < 4.78 is 44.6. The van der Waals surface area contributed by atoms with E-state index < -0.39 is 23.1 Å². The Hall–Kier alpha value is -3.99. The quantitative estimate of drug-likeness (QED) is 0.506. The minimum Gasteiger partial charge on any atom is -0.342 e. The number of hydrogen-bond acceptors (Lipinski definition) is 5. The number of aromatic nitrogens is 2. The van der Waals surface area contributed by atoms with Crippen molar-refractivity contribution < 1.29 is 18.0 Å². The molecular weight excluding hydrogens is 521 g/mol. The SMILES string of the molecule is O=C(C1CCN(CC2=CNNC=C2)CC1)N1CCC(n2c(=O)n(-c3ccc(F)c(F)c3)c3cc(F)ccc32)CC1. The third-order valence-corrected chi connectivity index (χ3v) is 8.20. The van der Waals surface area contributed by atoms with Gasteiger partial charge < -0.3 is 15.8 Å². The van der Waals surface area contributed by atoms with Crippen molar-refractivity contribution in [2.45, 2.75) is 31.7 Å². The molecule has 0 bridgehead atoms. The summed E-state index contributed by atoms with van der Waals surface area (Å²) in [6.07, 6.45) is 8.61. The third-order valence-electron chi connectivity index (χ3n) is 8.20. The molecule has 3 aliphatic rings. The zero-order chi connectivity index (χ0) is 27.8. The molecule has 3 aliphatic heterocycles. The Labute approximate surface area is 229 Å². The number of piperidine rings is 2. The van der Waals surface area contributed by atoms with Gasteiger partial charge in [0.25, 0.3) is 0 Å². The lowest BCUT2D eigenvalue weighted by Gasteiger charge is -2.37. The van der Waals surface area contributed by atoms with Crippen molar-refractivity contribution in [3.05, 3.63) is 88.4 Å². The number of halogens is 3. The highest BCUT2D eigenvalue weighted by atomic mass is 19.2. The van der Waals surface area contributed by atoms with E-state index in [1.54, 1.807) is 10.6 Å². The molecular formula is C29H31F3N6O2. The fourth-order valence-electron chi connectivity index (χ4n) is 6.10. The highest BCUT2D eigenvalue weighted by molar-refractivity contribution is 5.80. The predicted molar refractivity (Wildman–Crippen MR) is 145 cm³/mol. The molecule has 6 rings (SSSR count). The molecule has 0 saturated carbocycles. The highest BCUT2D eigenvalue weighted by Crippen LogP contribution is 2.30. The molecule has 0 spiro atoms. The van der Waals surface area contributed by atoms with Crippen molar-refractivity contribution in [1.82, 2.24) is 29.8 Å². The van der Waals surface area contributed by atoms with E-state index in [1.165, 1.54) is 28.3 Å². The maximum absolute atomic E-state index is 14.2. The van der Waals surface area contributed by atoms with Gasteiger partial charge in [0.2, 0.25) is 5.91 Å². The molecule has 2 N–H and O–H groups in total. The number of benzene rings is 2. The van der Waals surface area contributed by atoms with Gasteiger partial charge in [0.05, 0.1) is 16.7 Å². The lowest BCUT2D eigenvalue weighted by molar-refractivity contribution is -0.138. The van der Waals surface area contributed by atoms with Crippen LogP contribution in [0.2, 0.25) is 0 Å². The molecule has 11 heteroatoms. The van der Waals surface area contributed by atoms with Crippen molar-refractivity contribution in [2.24, 2.45) is 5.92 Å². The van der Waals surface area contributed by atoms with E-state index in [2.05, 4.69) is 15.8 Å². The first kappa shape index (κ1) is 26.2. The second-order valence-electron chi connectivity index (χ2n) is 10.7. The zero-order valence-corrected chi connectivity index (χ0v) is 22.0. The normalized spacial score (nSPS) is 19.0. The number of nitrogens with one attached hydrogen (secondary N) is 2. The summed E-state index contributed by atoms with van der Waals surface area (Å²) in [6, 6.07) is 7.04. The Bertz CT molecular complexity index is 1550. The molecule has 1 amide bonds. The van der Waals surface area contributed by atoms with Crippen LogP contribution in [0.4, 0.5) is 13.2 Å². The number of amides is 1. The topological polar surface area (TPSA) is 74.5 Å². The minimum absolute atomic E-state index is 0.00977. The summed E-state index contributed by atoms with van der Waals surface area (Å²) >= 11 is 0. The van der Waals surface area contributed by atoms with E-state index >= 15 is 0 Å². The highest BCUT2D eigenvalue weighted by Gasteiger charge is 2.32. The monoisotopic (exact) mass is 552 g/mol. The lowest BCUT2D eigenvalue weighted by Crippen LogP contribution is -2.46. The Morgan fingerprint density at radius 3 is 2.35 bits per heavy atom. The molecule has 8 nitrogen and oxygen atoms in total. The average molecular weight is 553 g/mol.